The Labute approximate surface area is 153 Å². The molecule has 0 fully saturated rings. The number of hydrogen-bond acceptors (Lipinski definition) is 3. The summed E-state index contributed by atoms with van der Waals surface area (Å²) in [6.07, 6.45) is 2.60. The van der Waals surface area contributed by atoms with Crippen LogP contribution in [0.15, 0.2) is 36.5 Å². The van der Waals surface area contributed by atoms with Crippen molar-refractivity contribution in [3.8, 4) is 0 Å². The lowest BCUT2D eigenvalue weighted by Gasteiger charge is -2.20. The number of rotatable bonds is 6. The zero-order valence-corrected chi connectivity index (χ0v) is 15.4. The lowest BCUT2D eigenvalue weighted by Crippen LogP contribution is -2.15. The highest BCUT2D eigenvalue weighted by molar-refractivity contribution is 5.86. The van der Waals surface area contributed by atoms with E-state index in [1.165, 1.54) is 23.1 Å². The zero-order chi connectivity index (χ0) is 17.1. The van der Waals surface area contributed by atoms with E-state index in [1.54, 1.807) is 19.2 Å². The van der Waals surface area contributed by atoms with E-state index in [1.807, 2.05) is 12.3 Å². The largest absolute Gasteiger partial charge is 0.385 e. The molecule has 0 amide bonds. The van der Waals surface area contributed by atoms with Crippen LogP contribution in [0.5, 0.6) is 0 Å². The number of pyridine rings is 1. The van der Waals surface area contributed by atoms with Gasteiger partial charge in [-0.2, -0.15) is 0 Å². The molecule has 3 aromatic rings. The van der Waals surface area contributed by atoms with Crippen LogP contribution < -0.4 is 5.32 Å². The summed E-state index contributed by atoms with van der Waals surface area (Å²) in [5.41, 5.74) is 5.23. The van der Waals surface area contributed by atoms with Crippen LogP contribution >= 0.6 is 12.4 Å². The standard InChI is InChI=1S/C19H22FN3O.ClH/c1-12-13(2)22-18-16(12)8-10-21-19(18)17(9-11-24-3)23-15-6-4-14(20)5-7-15;/h4-8,10,17,22-23H,9,11H2,1-3H3;1H. The molecule has 0 bridgehead atoms. The Morgan fingerprint density at radius 1 is 1.20 bits per heavy atom. The van der Waals surface area contributed by atoms with Crippen LogP contribution in [-0.2, 0) is 4.74 Å². The van der Waals surface area contributed by atoms with Gasteiger partial charge >= 0.3 is 0 Å². The highest BCUT2D eigenvalue weighted by atomic mass is 35.5. The summed E-state index contributed by atoms with van der Waals surface area (Å²) < 4.78 is 18.4. The van der Waals surface area contributed by atoms with Gasteiger partial charge in [0.25, 0.3) is 0 Å². The van der Waals surface area contributed by atoms with E-state index in [0.717, 1.165) is 29.0 Å². The number of nitrogens with zero attached hydrogens (tertiary/aromatic N) is 1. The van der Waals surface area contributed by atoms with Crippen LogP contribution in [0.4, 0.5) is 10.1 Å². The van der Waals surface area contributed by atoms with Crippen LogP contribution in [0.25, 0.3) is 10.9 Å². The molecule has 1 unspecified atom stereocenters. The van der Waals surface area contributed by atoms with Gasteiger partial charge in [-0.15, -0.1) is 12.4 Å². The average Bonchev–Trinajstić information content (AvgIpc) is 2.88. The molecule has 1 aromatic carbocycles. The van der Waals surface area contributed by atoms with Gasteiger partial charge in [0.15, 0.2) is 0 Å². The zero-order valence-electron chi connectivity index (χ0n) is 14.6. The van der Waals surface area contributed by atoms with Crippen molar-refractivity contribution in [2.75, 3.05) is 19.0 Å². The predicted molar refractivity (Wildman–Crippen MR) is 102 cm³/mol. The molecule has 0 radical (unpaired) electrons. The number of aryl methyl sites for hydroxylation is 2. The summed E-state index contributed by atoms with van der Waals surface area (Å²) in [6, 6.07) is 8.38. The number of halogens is 2. The van der Waals surface area contributed by atoms with Crippen molar-refractivity contribution >= 4 is 29.0 Å². The van der Waals surface area contributed by atoms with Gasteiger partial charge in [-0.3, -0.25) is 4.98 Å². The third-order valence-electron chi connectivity index (χ3n) is 4.39. The predicted octanol–water partition coefficient (Wildman–Crippen LogP) is 4.93. The van der Waals surface area contributed by atoms with Crippen molar-refractivity contribution in [1.29, 1.82) is 0 Å². The highest BCUT2D eigenvalue weighted by Gasteiger charge is 2.18. The first kappa shape index (κ1) is 19.2. The van der Waals surface area contributed by atoms with Crippen molar-refractivity contribution in [2.45, 2.75) is 26.3 Å². The third kappa shape index (κ3) is 4.11. The number of benzene rings is 1. The number of ether oxygens (including phenoxy) is 1. The number of anilines is 1. The highest BCUT2D eigenvalue weighted by Crippen LogP contribution is 2.30. The minimum atomic E-state index is -0.246. The maximum atomic E-state index is 13.1. The molecular formula is C19H23ClFN3O. The van der Waals surface area contributed by atoms with Gasteiger partial charge in [-0.25, -0.2) is 4.39 Å². The normalized spacial score (nSPS) is 12.0. The van der Waals surface area contributed by atoms with Crippen molar-refractivity contribution < 1.29 is 9.13 Å². The molecule has 4 nitrogen and oxygen atoms in total. The Morgan fingerprint density at radius 3 is 2.60 bits per heavy atom. The first-order valence-corrected chi connectivity index (χ1v) is 8.05. The van der Waals surface area contributed by atoms with Crippen molar-refractivity contribution in [1.82, 2.24) is 9.97 Å². The number of aromatic amines is 1. The summed E-state index contributed by atoms with van der Waals surface area (Å²) in [4.78, 5) is 8.05. The molecule has 0 saturated heterocycles. The molecule has 0 spiro atoms. The first-order valence-electron chi connectivity index (χ1n) is 8.05. The minimum Gasteiger partial charge on any atom is -0.385 e. The summed E-state index contributed by atoms with van der Waals surface area (Å²) >= 11 is 0. The second kappa shape index (κ2) is 8.32. The maximum absolute atomic E-state index is 13.1. The van der Waals surface area contributed by atoms with Gasteiger partial charge in [-0.05, 0) is 56.2 Å². The molecule has 2 heterocycles. The van der Waals surface area contributed by atoms with Gasteiger partial charge in [-0.1, -0.05) is 0 Å². The van der Waals surface area contributed by atoms with Crippen LogP contribution in [-0.4, -0.2) is 23.7 Å². The second-order valence-electron chi connectivity index (χ2n) is 5.98. The van der Waals surface area contributed by atoms with E-state index < -0.39 is 0 Å². The Kier molecular flexibility index (Phi) is 6.39. The fourth-order valence-corrected chi connectivity index (χ4v) is 2.93. The van der Waals surface area contributed by atoms with Crippen molar-refractivity contribution in [3.63, 3.8) is 0 Å². The molecule has 1 atom stereocenters. The molecule has 3 rings (SSSR count). The van der Waals surface area contributed by atoms with Gasteiger partial charge in [0.2, 0.25) is 0 Å². The van der Waals surface area contributed by atoms with E-state index in [0.29, 0.717) is 6.61 Å². The molecule has 0 aliphatic carbocycles. The van der Waals surface area contributed by atoms with Crippen LogP contribution in [0.2, 0.25) is 0 Å². The molecule has 0 saturated carbocycles. The van der Waals surface area contributed by atoms with Gasteiger partial charge in [0.05, 0.1) is 17.3 Å². The Morgan fingerprint density at radius 2 is 1.92 bits per heavy atom. The van der Waals surface area contributed by atoms with E-state index >= 15 is 0 Å². The number of aromatic nitrogens is 2. The first-order chi connectivity index (χ1) is 11.6. The summed E-state index contributed by atoms with van der Waals surface area (Å²) in [5.74, 6) is -0.246. The SMILES string of the molecule is COCCC(Nc1ccc(F)cc1)c1nccc2c(C)c(C)[nH]c12.Cl. The summed E-state index contributed by atoms with van der Waals surface area (Å²) in [7, 11) is 1.69. The van der Waals surface area contributed by atoms with Gasteiger partial charge in [0, 0.05) is 36.7 Å². The van der Waals surface area contributed by atoms with E-state index in [-0.39, 0.29) is 24.3 Å². The summed E-state index contributed by atoms with van der Waals surface area (Å²) in [6.45, 7) is 4.78. The number of H-pyrrole nitrogens is 1. The number of nitrogens with one attached hydrogen (secondary N) is 2. The lowest BCUT2D eigenvalue weighted by atomic mass is 10.1. The van der Waals surface area contributed by atoms with Gasteiger partial charge < -0.3 is 15.0 Å². The van der Waals surface area contributed by atoms with E-state index in [2.05, 4.69) is 29.1 Å². The summed E-state index contributed by atoms with van der Waals surface area (Å²) in [5, 5.41) is 4.63. The number of hydrogen-bond donors (Lipinski definition) is 2. The second-order valence-corrected chi connectivity index (χ2v) is 5.98. The average molecular weight is 364 g/mol. The Balaban J connectivity index is 0.00000225. The third-order valence-corrected chi connectivity index (χ3v) is 4.39. The van der Waals surface area contributed by atoms with Crippen LogP contribution in [0, 0.1) is 19.7 Å². The van der Waals surface area contributed by atoms with E-state index in [4.69, 9.17) is 4.74 Å². The molecule has 6 heteroatoms. The van der Waals surface area contributed by atoms with Crippen LogP contribution in [0.1, 0.15) is 29.4 Å². The smallest absolute Gasteiger partial charge is 0.123 e. The van der Waals surface area contributed by atoms with E-state index in [9.17, 15) is 4.39 Å². The lowest BCUT2D eigenvalue weighted by molar-refractivity contribution is 0.190. The Hall–Kier alpha value is -2.11. The molecule has 2 aromatic heterocycles. The topological polar surface area (TPSA) is 49.9 Å². The van der Waals surface area contributed by atoms with Crippen molar-refractivity contribution in [2.24, 2.45) is 0 Å². The maximum Gasteiger partial charge on any atom is 0.123 e. The quantitative estimate of drug-likeness (QED) is 0.652. The fraction of sp³-hybridized carbons (Fsp3) is 0.316. The molecule has 25 heavy (non-hydrogen) atoms. The van der Waals surface area contributed by atoms with Crippen molar-refractivity contribution in [3.05, 3.63) is 59.3 Å². The monoisotopic (exact) mass is 363 g/mol. The Bertz CT molecular complexity index is 833. The number of fused-ring (bicyclic) bond motifs is 1. The fourth-order valence-electron chi connectivity index (χ4n) is 2.93. The van der Waals surface area contributed by atoms with Crippen LogP contribution in [0.3, 0.4) is 0 Å². The van der Waals surface area contributed by atoms with Gasteiger partial charge in [0.1, 0.15) is 5.82 Å². The molecule has 134 valence electrons. The molecule has 2 N–H and O–H groups in total. The minimum absolute atomic E-state index is 0. The molecular weight excluding hydrogens is 341 g/mol. The molecule has 0 aliphatic heterocycles. The molecule has 0 aliphatic rings. The number of methoxy groups -OCH3 is 1.